The summed E-state index contributed by atoms with van der Waals surface area (Å²) in [6, 6.07) is 11.2. The second kappa shape index (κ2) is 10.1. The Kier molecular flexibility index (Phi) is 9.51. The molecule has 6 heteroatoms. The van der Waals surface area contributed by atoms with E-state index in [1.54, 1.807) is 0 Å². The first-order valence-electron chi connectivity index (χ1n) is 8.17. The molecule has 2 aliphatic heterocycles. The molecule has 0 aromatic heterocycles. The van der Waals surface area contributed by atoms with Crippen molar-refractivity contribution in [2.45, 2.75) is 33.1 Å². The maximum absolute atomic E-state index is 5.01. The first kappa shape index (κ1) is 23.5. The van der Waals surface area contributed by atoms with Crippen molar-refractivity contribution in [2.24, 2.45) is 0 Å². The number of halogens is 3. The van der Waals surface area contributed by atoms with E-state index in [9.17, 15) is 0 Å². The number of rotatable bonds is 1. The van der Waals surface area contributed by atoms with Gasteiger partial charge < -0.3 is 24.0 Å². The molecule has 2 nitrogen and oxygen atoms in total. The minimum absolute atomic E-state index is 0. The third-order valence-electron chi connectivity index (χ3n) is 4.64. The number of aromatic nitrogens is 1. The molecule has 0 amide bonds. The Labute approximate surface area is 204 Å². The molecule has 0 bridgehead atoms. The molecule has 0 unspecified atom stereocenters. The van der Waals surface area contributed by atoms with Gasteiger partial charge in [-0.1, -0.05) is 19.1 Å². The molecular formula is C19H23I3N2S. The summed E-state index contributed by atoms with van der Waals surface area (Å²) in [7, 11) is 0. The highest BCUT2D eigenvalue weighted by Crippen LogP contribution is 2.33. The van der Waals surface area contributed by atoms with E-state index >= 15 is 0 Å². The molecule has 1 saturated heterocycles. The van der Waals surface area contributed by atoms with Crippen LogP contribution in [0, 0.1) is 6.92 Å². The van der Waals surface area contributed by atoms with E-state index in [0.717, 1.165) is 11.9 Å². The first-order valence-corrected chi connectivity index (χ1v) is 8.99. The molecule has 136 valence electrons. The van der Waals surface area contributed by atoms with Crippen LogP contribution in [0.1, 0.15) is 30.9 Å². The van der Waals surface area contributed by atoms with Gasteiger partial charge >= 0.3 is 0 Å². The van der Waals surface area contributed by atoms with Crippen LogP contribution in [0.2, 0.25) is 0 Å². The quantitative estimate of drug-likeness (QED) is 0.217. The maximum Gasteiger partial charge on any atom is 0.201 e. The van der Waals surface area contributed by atoms with Gasteiger partial charge in [-0.15, -0.1) is 59.3 Å². The normalized spacial score (nSPS) is 13.3. The number of hydrogen-bond donors (Lipinski definition) is 0. The Hall–Kier alpha value is 0.450. The van der Waals surface area contributed by atoms with Gasteiger partial charge in [0.1, 0.15) is 13.1 Å². The highest BCUT2D eigenvalue weighted by molar-refractivity contribution is 14.0. The Morgan fingerprint density at radius 3 is 2.52 bits per heavy atom. The molecule has 3 aliphatic rings. The van der Waals surface area contributed by atoms with E-state index in [2.05, 4.69) is 48.8 Å². The molecule has 0 radical (unpaired) electrons. The van der Waals surface area contributed by atoms with Gasteiger partial charge in [-0.05, 0) is 30.5 Å². The smallest absolute Gasteiger partial charge is 0.201 e. The first-order chi connectivity index (χ1) is 10.8. The summed E-state index contributed by atoms with van der Waals surface area (Å²) in [5, 5.41) is 1.38. The number of fused-ring (bicyclic) bond motifs is 2. The van der Waals surface area contributed by atoms with Crippen LogP contribution in [0.5, 0.6) is 0 Å². The monoisotopic (exact) mass is 692 g/mol. The zero-order valence-electron chi connectivity index (χ0n) is 14.4. The topological polar surface area (TPSA) is 15.9 Å². The van der Waals surface area contributed by atoms with Crippen molar-refractivity contribution in [1.29, 1.82) is 0 Å². The van der Waals surface area contributed by atoms with E-state index in [0.29, 0.717) is 0 Å². The lowest BCUT2D eigenvalue weighted by Crippen LogP contribution is -3.00. The summed E-state index contributed by atoms with van der Waals surface area (Å²) in [6.45, 7) is 6.77. The zero-order valence-corrected chi connectivity index (χ0v) is 22.1. The number of hydrogen-bond acceptors (Lipinski definition) is 2. The van der Waals surface area contributed by atoms with Crippen LogP contribution in [-0.4, -0.2) is 18.1 Å². The fraction of sp³-hybridized carbons (Fsp3) is 0.368. The van der Waals surface area contributed by atoms with Crippen molar-refractivity contribution in [3.63, 3.8) is 0 Å². The van der Waals surface area contributed by atoms with E-state index in [4.69, 9.17) is 4.98 Å². The van der Waals surface area contributed by atoms with Gasteiger partial charge in [0.15, 0.2) is 0 Å². The van der Waals surface area contributed by atoms with Crippen molar-refractivity contribution >= 4 is 69.5 Å². The summed E-state index contributed by atoms with van der Waals surface area (Å²) in [5.41, 5.74) is 4.99. The highest BCUT2D eigenvalue weighted by atomic mass is 127. The average molecular weight is 692 g/mol. The fourth-order valence-electron chi connectivity index (χ4n) is 3.37. The Bertz CT molecular complexity index is 897. The summed E-state index contributed by atoms with van der Waals surface area (Å²) in [4.78, 5) is 6.33. The summed E-state index contributed by atoms with van der Waals surface area (Å²) < 4.78 is 3.80. The molecule has 0 atom stereocenters. The lowest BCUT2D eigenvalue weighted by atomic mass is 10.1. The molecule has 25 heavy (non-hydrogen) atoms. The third kappa shape index (κ3) is 4.66. The Balaban J connectivity index is 0.00000104. The predicted molar refractivity (Wildman–Crippen MR) is 125 cm³/mol. The van der Waals surface area contributed by atoms with Gasteiger partial charge in [0.05, 0.1) is 20.8 Å². The van der Waals surface area contributed by atoms with Crippen LogP contribution in [0.4, 0.5) is 0 Å². The van der Waals surface area contributed by atoms with Gasteiger partial charge in [0.25, 0.3) is 0 Å². The Morgan fingerprint density at radius 2 is 1.84 bits per heavy atom. The summed E-state index contributed by atoms with van der Waals surface area (Å²) in [6.07, 6.45) is 3.67. The van der Waals surface area contributed by atoms with Crippen LogP contribution < -0.4 is 33.9 Å². The van der Waals surface area contributed by atoms with Gasteiger partial charge in [0.2, 0.25) is 5.36 Å². The highest BCUT2D eigenvalue weighted by Gasteiger charge is 2.18. The average Bonchev–Trinajstić information content (AvgIpc) is 3.07. The van der Waals surface area contributed by atoms with Crippen LogP contribution in [-0.2, 0) is 6.42 Å². The van der Waals surface area contributed by atoms with Gasteiger partial charge in [0, 0.05) is 25.0 Å². The lowest BCUT2D eigenvalue weighted by molar-refractivity contribution is -0.00000459. The van der Waals surface area contributed by atoms with Crippen molar-refractivity contribution in [1.82, 2.24) is 9.56 Å². The molecule has 1 fully saturated rings. The van der Waals surface area contributed by atoms with Gasteiger partial charge in [-0.25, -0.2) is 9.56 Å². The Morgan fingerprint density at radius 1 is 1.12 bits per heavy atom. The second-order valence-corrected chi connectivity index (χ2v) is 7.22. The van der Waals surface area contributed by atoms with Crippen molar-refractivity contribution < 1.29 is 24.0 Å². The molecule has 2 heterocycles. The van der Waals surface area contributed by atoms with Gasteiger partial charge in [-0.2, -0.15) is 0 Å². The van der Waals surface area contributed by atoms with Crippen LogP contribution in [0.3, 0.4) is 0 Å². The van der Waals surface area contributed by atoms with E-state index in [1.807, 2.05) is 11.3 Å². The standard InChI is InChI=1S/C19H21N2S.3HI/c1-3-14-11-15(21-9-4-5-10-21)12-17-19(14)20-18-13(2)7-6-8-16(18)22-17;;;/h6-8,11-12H,3-5,9-10H2,1-2H3;3*1H/q+1;;;/p-1. The lowest BCUT2D eigenvalue weighted by Gasteiger charge is -2.11. The molecular weight excluding hydrogens is 669 g/mol. The minimum atomic E-state index is 0. The summed E-state index contributed by atoms with van der Waals surface area (Å²) >= 11 is 1.88. The van der Waals surface area contributed by atoms with Crippen molar-refractivity contribution in [3.8, 4) is 10.6 Å². The fourth-order valence-corrected chi connectivity index (χ4v) is 4.51. The van der Waals surface area contributed by atoms with Crippen molar-refractivity contribution in [3.05, 3.63) is 46.8 Å². The number of benzene rings is 2. The van der Waals surface area contributed by atoms with Crippen LogP contribution in [0.25, 0.3) is 20.8 Å². The molecule has 0 saturated carbocycles. The van der Waals surface area contributed by atoms with Crippen LogP contribution in [0.15, 0.2) is 30.3 Å². The van der Waals surface area contributed by atoms with Gasteiger partial charge in [-0.3, -0.25) is 0 Å². The molecule has 0 spiro atoms. The van der Waals surface area contributed by atoms with Crippen LogP contribution >= 0.6 is 59.3 Å². The van der Waals surface area contributed by atoms with Crippen molar-refractivity contribution in [2.75, 3.05) is 13.1 Å². The van der Waals surface area contributed by atoms with E-state index < -0.39 is 0 Å². The van der Waals surface area contributed by atoms with E-state index in [-0.39, 0.29) is 71.9 Å². The molecule has 1 aromatic rings. The maximum atomic E-state index is 5.01. The summed E-state index contributed by atoms with van der Waals surface area (Å²) in [5.74, 6) is 0. The number of nitrogens with zero attached hydrogens (tertiary/aromatic N) is 2. The zero-order chi connectivity index (χ0) is 15.1. The molecule has 4 rings (SSSR count). The third-order valence-corrected chi connectivity index (χ3v) is 5.72. The molecule has 1 aromatic carbocycles. The number of aryl methyl sites for hydroxylation is 2. The minimum Gasteiger partial charge on any atom is -1.00 e. The molecule has 1 aliphatic carbocycles. The van der Waals surface area contributed by atoms with E-state index in [1.165, 1.54) is 57.7 Å². The largest absolute Gasteiger partial charge is 1.00 e. The molecule has 0 N–H and O–H groups in total. The SMILES string of the molecule is CCc1cc(=[N+]2CCCC2)cc2sc3cccc(C)c3nc1-2.I.I.[I-]. The second-order valence-electron chi connectivity index (χ2n) is 6.13. The number of para-hydroxylation sites is 1. The predicted octanol–water partition coefficient (Wildman–Crippen LogP) is 2.08.